The Balaban J connectivity index is 2.18. The van der Waals surface area contributed by atoms with Crippen LogP contribution in [0.2, 0.25) is 0 Å². The average molecular weight is 1220 g/mol. The van der Waals surface area contributed by atoms with Crippen LogP contribution in [-0.2, 0) is 59.2 Å². The Bertz CT molecular complexity index is 2480. The number of amides is 11. The Morgan fingerprint density at radius 1 is 0.552 bits per heavy atom. The first-order chi connectivity index (χ1) is 41.3. The number of benzene rings is 1. The average Bonchev–Trinajstić information content (AvgIpc) is 2.97. The van der Waals surface area contributed by atoms with Crippen LogP contribution in [0.3, 0.4) is 0 Å². The molecule has 1 aromatic carbocycles. The molecule has 2 heterocycles. The Labute approximate surface area is 513 Å². The van der Waals surface area contributed by atoms with Gasteiger partial charge < -0.3 is 73.4 Å². The molecule has 25 heteroatoms. The predicted molar refractivity (Wildman–Crippen MR) is 326 cm³/mol. The minimum absolute atomic E-state index is 0.0705. The van der Waals surface area contributed by atoms with Crippen molar-refractivity contribution in [2.45, 2.75) is 226 Å². The summed E-state index contributed by atoms with van der Waals surface area (Å²) in [5.41, 5.74) is 0.244. The lowest BCUT2D eigenvalue weighted by Gasteiger charge is -2.31. The van der Waals surface area contributed by atoms with Gasteiger partial charge in [-0.25, -0.2) is 0 Å². The zero-order valence-electron chi connectivity index (χ0n) is 52.8. The van der Waals surface area contributed by atoms with Crippen molar-refractivity contribution in [2.24, 2.45) is 23.7 Å². The molecule has 3 rings (SSSR count). The summed E-state index contributed by atoms with van der Waals surface area (Å²) in [5.74, 6) is -10.0. The summed E-state index contributed by atoms with van der Waals surface area (Å²) < 4.78 is 0. The van der Waals surface area contributed by atoms with E-state index in [-0.39, 0.29) is 69.0 Å². The normalized spacial score (nSPS) is 26.6. The van der Waals surface area contributed by atoms with Crippen LogP contribution < -0.4 is 53.2 Å². The lowest BCUT2D eigenvalue weighted by Crippen LogP contribution is -2.62. The van der Waals surface area contributed by atoms with Gasteiger partial charge in [-0.2, -0.15) is 0 Å². The zero-order valence-corrected chi connectivity index (χ0v) is 52.8. The molecule has 11 amide bonds. The third-order valence-corrected chi connectivity index (χ3v) is 15.8. The van der Waals surface area contributed by atoms with Crippen molar-refractivity contribution in [3.63, 3.8) is 0 Å². The standard InChI is InChI=1S/C62H101N11O14/c1-11-15-16-17-21-24-41-32-50(77)65-44(25-27-74)55(80)66-43(14-4)62(87)73-35-42(76)33-49(73)59(84)67-45(26-28-75)56(81)69-48(31-40-22-19-18-20-23-40)57(82)68-47(30-37(7)8)58(83)71-53(39(10)13-3)61(86)72-52(38(9)12-2)60(85)70-46(29-36(5)6)54(79)63-34-51(78)64-41/h14,18-20,22-23,36-39,41-42,44-49,52-53,74-76H,11-13,15-17,21,24-35H2,1-10H3,(H,63,79)(H,64,78)(H,65,77)(H,66,80)(H,67,84)(H,68,82)(H,69,81)(H,70,85)(H,71,83)(H,72,86)/b43-14+/t38-,39+,41+,42-,44+,45-,46-,47-,48-,49+,52-,53-/m1/s1. The van der Waals surface area contributed by atoms with Crippen LogP contribution in [-0.4, -0.2) is 172 Å². The van der Waals surface area contributed by atoms with Crippen molar-refractivity contribution < 1.29 is 68.1 Å². The molecule has 2 fully saturated rings. The van der Waals surface area contributed by atoms with Gasteiger partial charge in [0.05, 0.1) is 12.6 Å². The van der Waals surface area contributed by atoms with E-state index in [0.717, 1.165) is 30.6 Å². The molecule has 2 aliphatic rings. The third kappa shape index (κ3) is 25.0. The van der Waals surface area contributed by atoms with Crippen LogP contribution in [0.4, 0.5) is 0 Å². The van der Waals surface area contributed by atoms with Crippen LogP contribution >= 0.6 is 0 Å². The van der Waals surface area contributed by atoms with Crippen LogP contribution in [0.1, 0.15) is 165 Å². The number of fused-ring (bicyclic) bond motifs is 1. The van der Waals surface area contributed by atoms with E-state index in [9.17, 15) is 68.1 Å². The molecule has 1 aromatic rings. The van der Waals surface area contributed by atoms with E-state index in [2.05, 4.69) is 60.1 Å². The molecule has 0 unspecified atom stereocenters. The lowest BCUT2D eigenvalue weighted by atomic mass is 9.93. The quantitative estimate of drug-likeness (QED) is 0.0638. The van der Waals surface area contributed by atoms with E-state index in [4.69, 9.17) is 0 Å². The Morgan fingerprint density at radius 3 is 1.62 bits per heavy atom. The Hall–Kier alpha value is -6.99. The second-order valence-electron chi connectivity index (χ2n) is 24.0. The monoisotopic (exact) mass is 1220 g/mol. The molecule has 0 spiro atoms. The van der Waals surface area contributed by atoms with Gasteiger partial charge in [-0.15, -0.1) is 0 Å². The fraction of sp³-hybridized carbons (Fsp3) is 0.694. The van der Waals surface area contributed by atoms with Crippen LogP contribution in [0, 0.1) is 23.7 Å². The molecule has 0 bridgehead atoms. The number of allylic oxidation sites excluding steroid dienone is 1. The highest BCUT2D eigenvalue weighted by molar-refractivity contribution is 6.02. The second-order valence-corrected chi connectivity index (χ2v) is 24.0. The number of aliphatic hydroxyl groups excluding tert-OH is 3. The Kier molecular flexibility index (Phi) is 32.7. The van der Waals surface area contributed by atoms with Crippen molar-refractivity contribution in [3.8, 4) is 0 Å². The van der Waals surface area contributed by atoms with Crippen molar-refractivity contribution in [2.75, 3.05) is 26.3 Å². The van der Waals surface area contributed by atoms with E-state index in [1.807, 2.05) is 41.5 Å². The second kappa shape index (κ2) is 38.3. The van der Waals surface area contributed by atoms with E-state index in [1.54, 1.807) is 44.2 Å². The minimum atomic E-state index is -1.52. The van der Waals surface area contributed by atoms with Gasteiger partial charge in [0.2, 0.25) is 59.1 Å². The number of carbonyl (C=O) groups excluding carboxylic acids is 11. The fourth-order valence-corrected chi connectivity index (χ4v) is 10.4. The molecule has 0 aliphatic carbocycles. The molecule has 12 atom stereocenters. The number of hydrogen-bond acceptors (Lipinski definition) is 14. The molecule has 2 saturated heterocycles. The molecule has 0 aromatic heterocycles. The van der Waals surface area contributed by atoms with Crippen molar-refractivity contribution in [1.29, 1.82) is 0 Å². The molecule has 87 heavy (non-hydrogen) atoms. The summed E-state index contributed by atoms with van der Waals surface area (Å²) in [5, 5.41) is 58.1. The number of nitrogens with one attached hydrogen (secondary N) is 10. The Morgan fingerprint density at radius 2 is 1.06 bits per heavy atom. The summed E-state index contributed by atoms with van der Waals surface area (Å²) >= 11 is 0. The van der Waals surface area contributed by atoms with Crippen LogP contribution in [0.15, 0.2) is 42.1 Å². The van der Waals surface area contributed by atoms with E-state index in [1.165, 1.54) is 13.0 Å². The first kappa shape index (κ1) is 74.3. The number of carbonyl (C=O) groups is 11. The lowest BCUT2D eigenvalue weighted by molar-refractivity contribution is -0.139. The van der Waals surface area contributed by atoms with E-state index >= 15 is 0 Å². The maximum Gasteiger partial charge on any atom is 0.270 e. The number of aliphatic hydroxyl groups is 3. The van der Waals surface area contributed by atoms with Crippen molar-refractivity contribution >= 4 is 65.0 Å². The largest absolute Gasteiger partial charge is 0.396 e. The number of unbranched alkanes of at least 4 members (excludes halogenated alkanes) is 4. The molecule has 25 nitrogen and oxygen atoms in total. The fourth-order valence-electron chi connectivity index (χ4n) is 10.4. The van der Waals surface area contributed by atoms with Gasteiger partial charge in [0.25, 0.3) is 5.91 Å². The van der Waals surface area contributed by atoms with Gasteiger partial charge in [-0.1, -0.05) is 144 Å². The van der Waals surface area contributed by atoms with Gasteiger partial charge in [0.15, 0.2) is 0 Å². The summed E-state index contributed by atoms with van der Waals surface area (Å²) in [7, 11) is 0. The third-order valence-electron chi connectivity index (χ3n) is 15.8. The highest BCUT2D eigenvalue weighted by Crippen LogP contribution is 2.22. The summed E-state index contributed by atoms with van der Waals surface area (Å²) in [6.45, 7) is 15.8. The summed E-state index contributed by atoms with van der Waals surface area (Å²) in [6, 6.07) is -2.83. The predicted octanol–water partition coefficient (Wildman–Crippen LogP) is 0.919. The molecule has 0 saturated carbocycles. The topological polar surface area (TPSA) is 372 Å². The smallest absolute Gasteiger partial charge is 0.270 e. The maximum absolute atomic E-state index is 14.6. The van der Waals surface area contributed by atoms with Crippen molar-refractivity contribution in [3.05, 3.63) is 47.7 Å². The highest BCUT2D eigenvalue weighted by atomic mass is 16.3. The maximum atomic E-state index is 14.6. The highest BCUT2D eigenvalue weighted by Gasteiger charge is 2.43. The molecular weight excluding hydrogens is 1120 g/mol. The molecule has 2 aliphatic heterocycles. The van der Waals surface area contributed by atoms with Crippen molar-refractivity contribution in [1.82, 2.24) is 58.1 Å². The molecular formula is C62H101N11O14. The van der Waals surface area contributed by atoms with Gasteiger partial charge in [0, 0.05) is 45.1 Å². The molecule has 0 radical (unpaired) electrons. The first-order valence-electron chi connectivity index (χ1n) is 31.2. The van der Waals surface area contributed by atoms with Gasteiger partial charge in [-0.05, 0) is 68.3 Å². The summed E-state index contributed by atoms with van der Waals surface area (Å²) in [6.07, 6.45) is 4.20. The number of rotatable bonds is 20. The molecule has 13 N–H and O–H groups in total. The number of nitrogens with zero attached hydrogens (tertiary/aromatic N) is 1. The molecule has 488 valence electrons. The van der Waals surface area contributed by atoms with Crippen LogP contribution in [0.25, 0.3) is 0 Å². The minimum Gasteiger partial charge on any atom is -0.396 e. The first-order valence-corrected chi connectivity index (χ1v) is 31.2. The van der Waals surface area contributed by atoms with Gasteiger partial charge in [0.1, 0.15) is 54.0 Å². The van der Waals surface area contributed by atoms with Gasteiger partial charge in [-0.3, -0.25) is 52.7 Å². The van der Waals surface area contributed by atoms with Gasteiger partial charge >= 0.3 is 0 Å². The summed E-state index contributed by atoms with van der Waals surface area (Å²) in [4.78, 5) is 157. The van der Waals surface area contributed by atoms with E-state index in [0.29, 0.717) is 31.2 Å². The SMILES string of the molecule is C/C=C1/NC(=O)[C@H](CCO)NC(=O)C[C@H](CCCCCCC)NC(=O)CNC(=O)[C@@H](CC(C)C)NC(=O)[C@@H]([C@H](C)CC)NC(=O)[C@@H]([C@@H](C)CC)NC(=O)[C@@H](CC(C)C)NC(=O)[C@@H](Cc2ccccc2)NC(=O)[C@@H](CCO)NC(=O)[C@@H]2C[C@@H](O)CN2C1=O. The van der Waals surface area contributed by atoms with E-state index < -0.39 is 157 Å². The zero-order chi connectivity index (χ0) is 64.9. The van der Waals surface area contributed by atoms with Crippen LogP contribution in [0.5, 0.6) is 0 Å². The number of hydrogen-bond donors (Lipinski definition) is 13.